The third-order valence-electron chi connectivity index (χ3n) is 2.39. The molecular formula is C10H14BrNO5S. The van der Waals surface area contributed by atoms with Crippen LogP contribution in [0.1, 0.15) is 0 Å². The molecule has 0 bridgehead atoms. The average molecular weight is 340 g/mol. The maximum absolute atomic E-state index is 12.1. The summed E-state index contributed by atoms with van der Waals surface area (Å²) in [6, 6.07) is 6.11. The zero-order valence-electron chi connectivity index (χ0n) is 9.38. The van der Waals surface area contributed by atoms with Crippen LogP contribution in [-0.2, 0) is 10.0 Å². The van der Waals surface area contributed by atoms with E-state index >= 15 is 0 Å². The highest BCUT2D eigenvalue weighted by molar-refractivity contribution is 9.10. The van der Waals surface area contributed by atoms with Crippen LogP contribution in [0.5, 0.6) is 0 Å². The molecule has 0 radical (unpaired) electrons. The van der Waals surface area contributed by atoms with Crippen molar-refractivity contribution in [3.05, 3.63) is 28.7 Å². The van der Waals surface area contributed by atoms with Gasteiger partial charge in [-0.2, -0.15) is 4.72 Å². The van der Waals surface area contributed by atoms with E-state index in [1.54, 1.807) is 12.1 Å². The number of aliphatic hydroxyl groups is 3. The third kappa shape index (κ3) is 3.28. The van der Waals surface area contributed by atoms with Gasteiger partial charge in [0.05, 0.1) is 24.7 Å². The summed E-state index contributed by atoms with van der Waals surface area (Å²) < 4.78 is 26.6. The Morgan fingerprint density at radius 2 is 1.61 bits per heavy atom. The van der Waals surface area contributed by atoms with E-state index in [4.69, 9.17) is 15.3 Å². The number of benzene rings is 1. The fourth-order valence-corrected chi connectivity index (χ4v) is 3.63. The van der Waals surface area contributed by atoms with E-state index in [1.165, 1.54) is 12.1 Å². The van der Waals surface area contributed by atoms with Crippen molar-refractivity contribution in [1.29, 1.82) is 0 Å². The zero-order valence-corrected chi connectivity index (χ0v) is 11.8. The number of aliphatic hydroxyl groups excluding tert-OH is 3. The smallest absolute Gasteiger partial charge is 0.242 e. The Labute approximate surface area is 113 Å². The van der Waals surface area contributed by atoms with Gasteiger partial charge in [-0.3, -0.25) is 0 Å². The lowest BCUT2D eigenvalue weighted by atomic mass is 10.1. The molecular weight excluding hydrogens is 326 g/mol. The van der Waals surface area contributed by atoms with Crippen molar-refractivity contribution >= 4 is 26.0 Å². The van der Waals surface area contributed by atoms with Crippen molar-refractivity contribution in [3.8, 4) is 0 Å². The Morgan fingerprint density at radius 3 is 2.06 bits per heavy atom. The zero-order chi connectivity index (χ0) is 13.8. The van der Waals surface area contributed by atoms with Gasteiger partial charge in [0, 0.05) is 4.47 Å². The lowest BCUT2D eigenvalue weighted by molar-refractivity contribution is 0.0582. The molecule has 0 spiro atoms. The van der Waals surface area contributed by atoms with Crippen LogP contribution < -0.4 is 4.72 Å². The van der Waals surface area contributed by atoms with Crippen LogP contribution in [0.15, 0.2) is 33.6 Å². The summed E-state index contributed by atoms with van der Waals surface area (Å²) in [6.45, 7) is -2.16. The van der Waals surface area contributed by atoms with Gasteiger partial charge in [-0.25, -0.2) is 8.42 Å². The first-order chi connectivity index (χ1) is 8.40. The molecule has 0 saturated heterocycles. The van der Waals surface area contributed by atoms with Crippen LogP contribution in [-0.4, -0.2) is 49.1 Å². The second kappa shape index (κ2) is 6.09. The first-order valence-electron chi connectivity index (χ1n) is 5.02. The fraction of sp³-hybridized carbons (Fsp3) is 0.400. The Bertz CT molecular complexity index is 492. The maximum atomic E-state index is 12.1. The molecule has 1 rings (SSSR count). The van der Waals surface area contributed by atoms with Crippen LogP contribution in [0, 0.1) is 0 Å². The SMILES string of the molecule is O=S(=O)(NC(CO)(CO)CO)c1ccccc1Br. The van der Waals surface area contributed by atoms with Crippen molar-refractivity contribution in [2.75, 3.05) is 19.8 Å². The van der Waals surface area contributed by atoms with Gasteiger partial charge in [0.2, 0.25) is 10.0 Å². The Hall–Kier alpha value is -0.510. The van der Waals surface area contributed by atoms with E-state index in [2.05, 4.69) is 20.7 Å². The molecule has 0 aliphatic rings. The quantitative estimate of drug-likeness (QED) is 0.556. The minimum atomic E-state index is -3.96. The van der Waals surface area contributed by atoms with Crippen LogP contribution >= 0.6 is 15.9 Å². The molecule has 0 saturated carbocycles. The number of hydrogen-bond acceptors (Lipinski definition) is 5. The van der Waals surface area contributed by atoms with Gasteiger partial charge >= 0.3 is 0 Å². The first-order valence-corrected chi connectivity index (χ1v) is 7.29. The van der Waals surface area contributed by atoms with Crippen LogP contribution in [0.2, 0.25) is 0 Å². The van der Waals surface area contributed by atoms with Crippen molar-refractivity contribution < 1.29 is 23.7 Å². The van der Waals surface area contributed by atoms with Crippen molar-refractivity contribution in [1.82, 2.24) is 4.72 Å². The highest BCUT2D eigenvalue weighted by Gasteiger charge is 2.34. The molecule has 102 valence electrons. The molecule has 0 aliphatic carbocycles. The summed E-state index contributed by atoms with van der Waals surface area (Å²) in [5.74, 6) is 0. The number of halogens is 1. The van der Waals surface area contributed by atoms with Gasteiger partial charge in [0.1, 0.15) is 5.54 Å². The minimum Gasteiger partial charge on any atom is -0.394 e. The normalized spacial score (nSPS) is 12.7. The van der Waals surface area contributed by atoms with E-state index in [0.29, 0.717) is 4.47 Å². The molecule has 18 heavy (non-hydrogen) atoms. The largest absolute Gasteiger partial charge is 0.394 e. The van der Waals surface area contributed by atoms with Crippen LogP contribution in [0.3, 0.4) is 0 Å². The van der Waals surface area contributed by atoms with Crippen LogP contribution in [0.25, 0.3) is 0 Å². The van der Waals surface area contributed by atoms with Gasteiger partial charge in [0.15, 0.2) is 0 Å². The molecule has 0 aliphatic heterocycles. The van der Waals surface area contributed by atoms with E-state index in [1.807, 2.05) is 0 Å². The summed E-state index contributed by atoms with van der Waals surface area (Å²) >= 11 is 3.10. The predicted octanol–water partition coefficient (Wildman–Crippen LogP) is -0.557. The summed E-state index contributed by atoms with van der Waals surface area (Å²) in [7, 11) is -3.96. The standard InChI is InChI=1S/C10H14BrNO5S/c11-8-3-1-2-4-9(8)18(16,17)12-10(5-13,6-14)7-15/h1-4,12-15H,5-7H2. The highest BCUT2D eigenvalue weighted by Crippen LogP contribution is 2.22. The lowest BCUT2D eigenvalue weighted by Gasteiger charge is -2.28. The van der Waals surface area contributed by atoms with Gasteiger partial charge in [-0.15, -0.1) is 0 Å². The molecule has 1 aromatic carbocycles. The molecule has 4 N–H and O–H groups in total. The van der Waals surface area contributed by atoms with E-state index < -0.39 is 35.4 Å². The summed E-state index contributed by atoms with van der Waals surface area (Å²) in [6.07, 6.45) is 0. The van der Waals surface area contributed by atoms with Crippen molar-refractivity contribution in [3.63, 3.8) is 0 Å². The molecule has 8 heteroatoms. The molecule has 1 aromatic rings. The average Bonchev–Trinajstić information content (AvgIpc) is 2.36. The lowest BCUT2D eigenvalue weighted by Crippen LogP contribution is -2.56. The molecule has 0 atom stereocenters. The molecule has 0 heterocycles. The number of rotatable bonds is 6. The van der Waals surface area contributed by atoms with E-state index in [0.717, 1.165) is 0 Å². The predicted molar refractivity (Wildman–Crippen MR) is 68.5 cm³/mol. The second-order valence-corrected chi connectivity index (χ2v) is 6.30. The maximum Gasteiger partial charge on any atom is 0.242 e. The number of hydrogen-bond donors (Lipinski definition) is 4. The van der Waals surface area contributed by atoms with E-state index in [9.17, 15) is 8.42 Å². The first kappa shape index (κ1) is 15.5. The van der Waals surface area contributed by atoms with Gasteiger partial charge in [-0.05, 0) is 28.1 Å². The van der Waals surface area contributed by atoms with Crippen molar-refractivity contribution in [2.45, 2.75) is 10.4 Å². The Balaban J connectivity index is 3.13. The molecule has 0 aromatic heterocycles. The van der Waals surface area contributed by atoms with Crippen molar-refractivity contribution in [2.24, 2.45) is 0 Å². The third-order valence-corrected chi connectivity index (χ3v) is 4.98. The second-order valence-electron chi connectivity index (χ2n) is 3.79. The van der Waals surface area contributed by atoms with Gasteiger partial charge in [-0.1, -0.05) is 12.1 Å². The Kier molecular flexibility index (Phi) is 5.26. The molecule has 6 nitrogen and oxygen atoms in total. The summed E-state index contributed by atoms with van der Waals surface area (Å²) in [4.78, 5) is -0.0373. The fourth-order valence-electron chi connectivity index (χ4n) is 1.25. The Morgan fingerprint density at radius 1 is 1.11 bits per heavy atom. The topological polar surface area (TPSA) is 107 Å². The van der Waals surface area contributed by atoms with Crippen LogP contribution in [0.4, 0.5) is 0 Å². The van der Waals surface area contributed by atoms with E-state index in [-0.39, 0.29) is 4.90 Å². The monoisotopic (exact) mass is 339 g/mol. The van der Waals surface area contributed by atoms with Gasteiger partial charge in [0.25, 0.3) is 0 Å². The summed E-state index contributed by atoms with van der Waals surface area (Å²) in [5.41, 5.74) is -1.69. The molecule has 0 fully saturated rings. The minimum absolute atomic E-state index is 0.0373. The molecule has 0 unspecified atom stereocenters. The highest BCUT2D eigenvalue weighted by atomic mass is 79.9. The summed E-state index contributed by atoms with van der Waals surface area (Å²) in [5, 5.41) is 27.3. The van der Waals surface area contributed by atoms with Gasteiger partial charge < -0.3 is 15.3 Å². The number of nitrogens with one attached hydrogen (secondary N) is 1. The number of sulfonamides is 1. The molecule has 0 amide bonds.